The average Bonchev–Trinajstić information content (AvgIpc) is 2.64. The topological polar surface area (TPSA) is 67.9 Å². The molecule has 5 nitrogen and oxygen atoms in total. The van der Waals surface area contributed by atoms with Crippen LogP contribution in [0.3, 0.4) is 0 Å². The molecule has 0 aliphatic carbocycles. The first-order chi connectivity index (χ1) is 11.6. The first-order valence-electron chi connectivity index (χ1n) is 8.82. The fraction of sp³-hybridized carbons (Fsp3) is 0.526. The summed E-state index contributed by atoms with van der Waals surface area (Å²) in [6.07, 6.45) is 3.17. The van der Waals surface area contributed by atoms with Gasteiger partial charge in [0, 0.05) is 13.1 Å². The predicted molar refractivity (Wildman–Crippen MR) is 101 cm³/mol. The molecule has 24 heavy (non-hydrogen) atoms. The molecule has 2 aromatic rings. The Morgan fingerprint density at radius 1 is 1.08 bits per heavy atom. The normalized spacial score (nSPS) is 11.4. The van der Waals surface area contributed by atoms with E-state index in [0.717, 1.165) is 25.1 Å². The summed E-state index contributed by atoms with van der Waals surface area (Å²) in [5, 5.41) is 0. The molecule has 0 radical (unpaired) electrons. The number of aromatic nitrogens is 3. The summed E-state index contributed by atoms with van der Waals surface area (Å²) in [6.45, 7) is 8.41. The van der Waals surface area contributed by atoms with E-state index in [0.29, 0.717) is 24.4 Å². The maximum Gasteiger partial charge on any atom is 0.228 e. The molecule has 0 bridgehead atoms. The predicted octanol–water partition coefficient (Wildman–Crippen LogP) is 3.51. The summed E-state index contributed by atoms with van der Waals surface area (Å²) in [6, 6.07) is 11.0. The fourth-order valence-corrected chi connectivity index (χ4v) is 2.58. The molecule has 0 aliphatic heterocycles. The Hall–Kier alpha value is -2.01. The van der Waals surface area contributed by atoms with Gasteiger partial charge in [0.25, 0.3) is 0 Å². The van der Waals surface area contributed by atoms with Gasteiger partial charge in [-0.05, 0) is 31.7 Å². The fourth-order valence-electron chi connectivity index (χ4n) is 2.58. The molecule has 0 saturated carbocycles. The van der Waals surface area contributed by atoms with Crippen LogP contribution in [0.5, 0.6) is 0 Å². The van der Waals surface area contributed by atoms with Crippen molar-refractivity contribution in [3.8, 4) is 0 Å². The zero-order valence-corrected chi connectivity index (χ0v) is 15.7. The monoisotopic (exact) mass is 329 g/mol. The van der Waals surface area contributed by atoms with Gasteiger partial charge >= 0.3 is 0 Å². The van der Waals surface area contributed by atoms with Crippen LogP contribution in [-0.2, 0) is 13.0 Å². The van der Waals surface area contributed by atoms with Crippen molar-refractivity contribution in [1.29, 1.82) is 0 Å². The minimum Gasteiger partial charge on any atom is -0.341 e. The molecule has 0 aliphatic rings. The quantitative estimate of drug-likeness (QED) is 0.842. The maximum absolute atomic E-state index is 5.66. The van der Waals surface area contributed by atoms with Crippen LogP contribution in [0.2, 0.25) is 0 Å². The summed E-state index contributed by atoms with van der Waals surface area (Å²) in [5.41, 5.74) is 7.02. The Kier molecular flexibility index (Phi) is 8.94. The van der Waals surface area contributed by atoms with Gasteiger partial charge in [-0.25, -0.2) is 4.98 Å². The van der Waals surface area contributed by atoms with E-state index >= 15 is 0 Å². The van der Waals surface area contributed by atoms with Gasteiger partial charge in [-0.3, -0.25) is 0 Å². The molecule has 1 unspecified atom stereocenters. The lowest BCUT2D eigenvalue weighted by atomic mass is 10.0. The Morgan fingerprint density at radius 2 is 1.75 bits per heavy atom. The van der Waals surface area contributed by atoms with Crippen LogP contribution in [0.15, 0.2) is 30.3 Å². The molecule has 5 heteroatoms. The molecule has 2 rings (SSSR count). The van der Waals surface area contributed by atoms with Gasteiger partial charge in [-0.2, -0.15) is 9.97 Å². The van der Waals surface area contributed by atoms with E-state index in [1.54, 1.807) is 0 Å². The molecule has 0 fully saturated rings. The summed E-state index contributed by atoms with van der Waals surface area (Å²) in [5.74, 6) is 2.08. The number of hydrogen-bond donors (Lipinski definition) is 1. The highest BCUT2D eigenvalue weighted by atomic mass is 15.3. The molecular weight excluding hydrogens is 298 g/mol. The number of nitrogens with zero attached hydrogens (tertiary/aromatic N) is 4. The van der Waals surface area contributed by atoms with Crippen LogP contribution in [0, 0.1) is 6.92 Å². The number of hydrogen-bond acceptors (Lipinski definition) is 5. The van der Waals surface area contributed by atoms with Crippen molar-refractivity contribution >= 4 is 5.95 Å². The summed E-state index contributed by atoms with van der Waals surface area (Å²) in [4.78, 5) is 15.3. The van der Waals surface area contributed by atoms with Crippen LogP contribution in [0.25, 0.3) is 0 Å². The first kappa shape index (κ1) is 20.0. The van der Waals surface area contributed by atoms with Crippen molar-refractivity contribution in [2.45, 2.75) is 59.5 Å². The van der Waals surface area contributed by atoms with Crippen molar-refractivity contribution in [2.75, 3.05) is 11.9 Å². The third-order valence-corrected chi connectivity index (χ3v) is 3.91. The minimum atomic E-state index is 0.338. The molecule has 0 saturated heterocycles. The lowest BCUT2D eigenvalue weighted by Gasteiger charge is -2.27. The Labute approximate surface area is 146 Å². The molecule has 1 atom stereocenters. The SMILES string of the molecule is CC.CCC(CCc1ccccc1)N(C)c1nc(C)nc(CN)n1. The molecule has 2 N–H and O–H groups in total. The first-order valence-corrected chi connectivity index (χ1v) is 8.82. The largest absolute Gasteiger partial charge is 0.341 e. The van der Waals surface area contributed by atoms with Crippen molar-refractivity contribution in [3.05, 3.63) is 47.5 Å². The van der Waals surface area contributed by atoms with Crippen molar-refractivity contribution < 1.29 is 0 Å². The zero-order valence-electron chi connectivity index (χ0n) is 15.7. The Bertz CT molecular complexity index is 586. The second-order valence-corrected chi connectivity index (χ2v) is 5.50. The van der Waals surface area contributed by atoms with Gasteiger partial charge in [-0.1, -0.05) is 51.1 Å². The van der Waals surface area contributed by atoms with Crippen molar-refractivity contribution in [1.82, 2.24) is 15.0 Å². The van der Waals surface area contributed by atoms with E-state index in [9.17, 15) is 0 Å². The molecule has 1 aromatic carbocycles. The second kappa shape index (κ2) is 10.7. The highest BCUT2D eigenvalue weighted by molar-refractivity contribution is 5.30. The maximum atomic E-state index is 5.66. The second-order valence-electron chi connectivity index (χ2n) is 5.50. The average molecular weight is 329 g/mol. The van der Waals surface area contributed by atoms with E-state index in [-0.39, 0.29) is 0 Å². The molecule has 0 spiro atoms. The number of benzene rings is 1. The van der Waals surface area contributed by atoms with E-state index in [1.165, 1.54) is 5.56 Å². The number of nitrogens with two attached hydrogens (primary N) is 1. The standard InChI is InChI=1S/C17H25N5.C2H6/c1-4-15(11-10-14-8-6-5-7-9-14)22(3)17-20-13(2)19-16(12-18)21-17;1-2/h5-9,15H,4,10-12,18H2,1-3H3;1-2H3. The smallest absolute Gasteiger partial charge is 0.228 e. The van der Waals surface area contributed by atoms with E-state index in [2.05, 4.69) is 57.1 Å². The summed E-state index contributed by atoms with van der Waals surface area (Å²) in [7, 11) is 2.05. The van der Waals surface area contributed by atoms with Gasteiger partial charge in [-0.15, -0.1) is 0 Å². The van der Waals surface area contributed by atoms with Crippen LogP contribution < -0.4 is 10.6 Å². The number of rotatable bonds is 7. The van der Waals surface area contributed by atoms with Crippen LogP contribution >= 0.6 is 0 Å². The van der Waals surface area contributed by atoms with Crippen molar-refractivity contribution in [2.24, 2.45) is 5.73 Å². The Balaban J connectivity index is 0.00000139. The summed E-state index contributed by atoms with van der Waals surface area (Å²) < 4.78 is 0. The third kappa shape index (κ3) is 5.89. The number of anilines is 1. The lowest BCUT2D eigenvalue weighted by Crippen LogP contribution is -2.33. The summed E-state index contributed by atoms with van der Waals surface area (Å²) >= 11 is 0. The Morgan fingerprint density at radius 3 is 2.33 bits per heavy atom. The van der Waals surface area contributed by atoms with Gasteiger partial charge in [0.2, 0.25) is 5.95 Å². The van der Waals surface area contributed by atoms with Gasteiger partial charge in [0.05, 0.1) is 6.54 Å². The van der Waals surface area contributed by atoms with Crippen molar-refractivity contribution in [3.63, 3.8) is 0 Å². The molecule has 132 valence electrons. The number of aryl methyl sites for hydroxylation is 2. The van der Waals surface area contributed by atoms with Crippen LogP contribution in [-0.4, -0.2) is 28.0 Å². The zero-order chi connectivity index (χ0) is 17.9. The minimum absolute atomic E-state index is 0.338. The molecular formula is C19H31N5. The molecule has 1 aromatic heterocycles. The highest BCUT2D eigenvalue weighted by Gasteiger charge is 2.17. The van der Waals surface area contributed by atoms with E-state index < -0.39 is 0 Å². The van der Waals surface area contributed by atoms with Crippen LogP contribution in [0.4, 0.5) is 5.95 Å². The molecule has 0 amide bonds. The van der Waals surface area contributed by atoms with Crippen LogP contribution in [0.1, 0.15) is 50.8 Å². The van der Waals surface area contributed by atoms with Gasteiger partial charge < -0.3 is 10.6 Å². The van der Waals surface area contributed by atoms with E-state index in [1.807, 2.05) is 27.8 Å². The highest BCUT2D eigenvalue weighted by Crippen LogP contribution is 2.17. The molecule has 1 heterocycles. The van der Waals surface area contributed by atoms with Gasteiger partial charge in [0.1, 0.15) is 11.6 Å². The van der Waals surface area contributed by atoms with Gasteiger partial charge in [0.15, 0.2) is 0 Å². The lowest BCUT2D eigenvalue weighted by molar-refractivity contribution is 0.552. The third-order valence-electron chi connectivity index (χ3n) is 3.91. The van der Waals surface area contributed by atoms with E-state index in [4.69, 9.17) is 5.73 Å².